The predicted molar refractivity (Wildman–Crippen MR) is 95.3 cm³/mol. The number of aliphatic carboxylic acids is 1. The summed E-state index contributed by atoms with van der Waals surface area (Å²) in [7, 11) is 1.42. The Morgan fingerprint density at radius 3 is 2.57 bits per heavy atom. The molecule has 0 radical (unpaired) electrons. The highest BCUT2D eigenvalue weighted by molar-refractivity contribution is 7.16. The van der Waals surface area contributed by atoms with E-state index in [0.29, 0.717) is 22.0 Å². The van der Waals surface area contributed by atoms with E-state index in [1.807, 2.05) is 0 Å². The first kappa shape index (κ1) is 19.6. The van der Waals surface area contributed by atoms with Gasteiger partial charge in [-0.3, -0.25) is 9.59 Å². The lowest BCUT2D eigenvalue weighted by atomic mass is 10.1. The fraction of sp³-hybridized carbons (Fsp3) is 0.167. The van der Waals surface area contributed by atoms with Crippen LogP contribution >= 0.6 is 11.3 Å². The minimum atomic E-state index is -4.59. The van der Waals surface area contributed by atoms with Gasteiger partial charge >= 0.3 is 12.1 Å². The van der Waals surface area contributed by atoms with Gasteiger partial charge in [0.25, 0.3) is 5.91 Å². The molecule has 0 atom stereocenters. The Bertz CT molecular complexity index is 1130. The Hall–Kier alpha value is -3.14. The van der Waals surface area contributed by atoms with E-state index in [4.69, 9.17) is 4.74 Å². The molecule has 0 aliphatic rings. The maximum absolute atomic E-state index is 12.9. The van der Waals surface area contributed by atoms with E-state index < -0.39 is 30.2 Å². The number of methoxy groups -OCH3 is 1. The van der Waals surface area contributed by atoms with Gasteiger partial charge in [0.1, 0.15) is 17.8 Å². The largest absolute Gasteiger partial charge is 0.495 e. The molecule has 0 aliphatic heterocycles. The van der Waals surface area contributed by atoms with Crippen molar-refractivity contribution in [3.8, 4) is 5.75 Å². The van der Waals surface area contributed by atoms with E-state index in [1.165, 1.54) is 17.7 Å². The molecule has 0 saturated carbocycles. The monoisotopic (exact) mass is 410 g/mol. The van der Waals surface area contributed by atoms with Gasteiger partial charge in [0.05, 0.1) is 17.4 Å². The van der Waals surface area contributed by atoms with Crippen molar-refractivity contribution < 1.29 is 32.6 Å². The summed E-state index contributed by atoms with van der Waals surface area (Å²) in [6.45, 7) is -0.491. The van der Waals surface area contributed by atoms with Crippen LogP contribution in [-0.2, 0) is 17.5 Å². The molecule has 6 nitrogen and oxygen atoms in total. The first-order chi connectivity index (χ1) is 13.2. The molecule has 3 aromatic rings. The summed E-state index contributed by atoms with van der Waals surface area (Å²) in [5.41, 5.74) is -0.779. The molecule has 1 amide bonds. The number of benzene rings is 2. The quantitative estimate of drug-likeness (QED) is 0.713. The van der Waals surface area contributed by atoms with Gasteiger partial charge in [0.15, 0.2) is 4.80 Å². The molecule has 146 valence electrons. The van der Waals surface area contributed by atoms with E-state index in [0.717, 1.165) is 23.5 Å². The van der Waals surface area contributed by atoms with Gasteiger partial charge in [-0.05, 0) is 30.3 Å². The van der Waals surface area contributed by atoms with E-state index in [-0.39, 0.29) is 10.4 Å². The van der Waals surface area contributed by atoms with Crippen LogP contribution in [0.5, 0.6) is 5.75 Å². The normalized spacial score (nSPS) is 12.4. The SMILES string of the molecule is COc1cccc2s/c(=N\C(=O)c3cccc(C(F)(F)F)c3)n(CC(=O)O)c12. The number of hydrogen-bond acceptors (Lipinski definition) is 4. The number of carboxylic acid groups (broad SMARTS) is 1. The van der Waals surface area contributed by atoms with Crippen molar-refractivity contribution in [1.82, 2.24) is 4.57 Å². The second kappa shape index (κ2) is 7.47. The number of thiazole rings is 1. The molecule has 2 aromatic carbocycles. The highest BCUT2D eigenvalue weighted by atomic mass is 32.1. The van der Waals surface area contributed by atoms with Crippen molar-refractivity contribution in [3.05, 3.63) is 58.4 Å². The van der Waals surface area contributed by atoms with Crippen LogP contribution in [0.4, 0.5) is 13.2 Å². The molecule has 0 fully saturated rings. The average molecular weight is 410 g/mol. The summed E-state index contributed by atoms with van der Waals surface area (Å²) in [6, 6.07) is 8.93. The van der Waals surface area contributed by atoms with Gasteiger partial charge in [-0.25, -0.2) is 0 Å². The standard InChI is InChI=1S/C18H13F3N2O4S/c1-27-12-6-3-7-13-15(12)23(9-14(24)25)17(28-13)22-16(26)10-4-2-5-11(8-10)18(19,20)21/h2-8H,9H2,1H3,(H,24,25)/b22-17-. The lowest BCUT2D eigenvalue weighted by Crippen LogP contribution is -2.21. The summed E-state index contributed by atoms with van der Waals surface area (Å²) in [6.07, 6.45) is -4.59. The van der Waals surface area contributed by atoms with Crippen LogP contribution in [0.25, 0.3) is 10.2 Å². The van der Waals surface area contributed by atoms with Crippen LogP contribution < -0.4 is 9.54 Å². The maximum Gasteiger partial charge on any atom is 0.416 e. The van der Waals surface area contributed by atoms with E-state index in [2.05, 4.69) is 4.99 Å². The van der Waals surface area contributed by atoms with Crippen LogP contribution in [0, 0.1) is 0 Å². The number of amides is 1. The van der Waals surface area contributed by atoms with Crippen LogP contribution in [-0.4, -0.2) is 28.7 Å². The second-order valence-corrected chi connectivity index (χ2v) is 6.68. The molecule has 1 aromatic heterocycles. The molecule has 10 heteroatoms. The third-order valence-corrected chi connectivity index (χ3v) is 4.85. The summed E-state index contributed by atoms with van der Waals surface area (Å²) in [4.78, 5) is 27.6. The van der Waals surface area contributed by atoms with Crippen LogP contribution in [0.2, 0.25) is 0 Å². The summed E-state index contributed by atoms with van der Waals surface area (Å²) in [5.74, 6) is -1.68. The molecule has 0 spiro atoms. The highest BCUT2D eigenvalue weighted by Crippen LogP contribution is 2.30. The molecule has 0 unspecified atom stereocenters. The topological polar surface area (TPSA) is 80.9 Å². The lowest BCUT2D eigenvalue weighted by molar-refractivity contribution is -0.138. The number of para-hydroxylation sites is 1. The Morgan fingerprint density at radius 1 is 1.21 bits per heavy atom. The van der Waals surface area contributed by atoms with Gasteiger partial charge in [-0.2, -0.15) is 18.2 Å². The number of fused-ring (bicyclic) bond motifs is 1. The fourth-order valence-electron chi connectivity index (χ4n) is 2.61. The molecule has 0 aliphatic carbocycles. The number of nitrogens with zero attached hydrogens (tertiary/aromatic N) is 2. The van der Waals surface area contributed by atoms with Crippen molar-refractivity contribution in [3.63, 3.8) is 0 Å². The molecular weight excluding hydrogens is 397 g/mol. The molecule has 1 N–H and O–H groups in total. The fourth-order valence-corrected chi connectivity index (χ4v) is 3.65. The van der Waals surface area contributed by atoms with Crippen molar-refractivity contribution >= 4 is 33.4 Å². The van der Waals surface area contributed by atoms with Gasteiger partial charge in [0.2, 0.25) is 0 Å². The Balaban J connectivity index is 2.16. The Morgan fingerprint density at radius 2 is 1.93 bits per heavy atom. The molecular formula is C18H13F3N2O4S. The van der Waals surface area contributed by atoms with Gasteiger partial charge in [0, 0.05) is 5.56 Å². The smallest absolute Gasteiger partial charge is 0.416 e. The van der Waals surface area contributed by atoms with Crippen LogP contribution in [0.1, 0.15) is 15.9 Å². The zero-order valence-corrected chi connectivity index (χ0v) is 15.2. The van der Waals surface area contributed by atoms with Crippen molar-refractivity contribution in [2.75, 3.05) is 7.11 Å². The third kappa shape index (κ3) is 3.91. The zero-order chi connectivity index (χ0) is 20.5. The van der Waals surface area contributed by atoms with Gasteiger partial charge < -0.3 is 14.4 Å². The van der Waals surface area contributed by atoms with E-state index in [1.54, 1.807) is 18.2 Å². The zero-order valence-electron chi connectivity index (χ0n) is 14.4. The molecule has 0 bridgehead atoms. The van der Waals surface area contributed by atoms with Crippen molar-refractivity contribution in [2.45, 2.75) is 12.7 Å². The summed E-state index contributed by atoms with van der Waals surface area (Å²) >= 11 is 1.04. The number of ether oxygens (including phenoxy) is 1. The van der Waals surface area contributed by atoms with Gasteiger partial charge in [-0.1, -0.05) is 23.5 Å². The van der Waals surface area contributed by atoms with Crippen molar-refractivity contribution in [2.24, 2.45) is 4.99 Å². The lowest BCUT2D eigenvalue weighted by Gasteiger charge is -2.07. The number of halogens is 3. The van der Waals surface area contributed by atoms with Crippen LogP contribution in [0.15, 0.2) is 47.5 Å². The molecule has 28 heavy (non-hydrogen) atoms. The van der Waals surface area contributed by atoms with Crippen LogP contribution in [0.3, 0.4) is 0 Å². The minimum absolute atomic E-state index is 0.0457. The average Bonchev–Trinajstić information content (AvgIpc) is 2.97. The number of carboxylic acids is 1. The third-order valence-electron chi connectivity index (χ3n) is 3.81. The first-order valence-corrected chi connectivity index (χ1v) is 8.67. The number of hydrogen-bond donors (Lipinski definition) is 1. The Labute approximate surface area is 160 Å². The molecule has 3 rings (SSSR count). The second-order valence-electron chi connectivity index (χ2n) is 5.67. The number of rotatable bonds is 4. The number of aromatic nitrogens is 1. The molecule has 1 heterocycles. The summed E-state index contributed by atoms with van der Waals surface area (Å²) in [5, 5.41) is 9.20. The highest BCUT2D eigenvalue weighted by Gasteiger charge is 2.30. The van der Waals surface area contributed by atoms with Crippen molar-refractivity contribution in [1.29, 1.82) is 0 Å². The number of carbonyl (C=O) groups is 2. The predicted octanol–water partition coefficient (Wildman–Crippen LogP) is 3.56. The maximum atomic E-state index is 12.9. The Kier molecular flexibility index (Phi) is 5.23. The van der Waals surface area contributed by atoms with Gasteiger partial charge in [-0.15, -0.1) is 0 Å². The van der Waals surface area contributed by atoms with E-state index in [9.17, 15) is 27.9 Å². The number of carbonyl (C=O) groups excluding carboxylic acids is 1. The van der Waals surface area contributed by atoms with E-state index >= 15 is 0 Å². The summed E-state index contributed by atoms with van der Waals surface area (Å²) < 4.78 is 45.7. The number of alkyl halides is 3. The minimum Gasteiger partial charge on any atom is -0.495 e. The first-order valence-electron chi connectivity index (χ1n) is 7.85. The molecule has 0 saturated heterocycles.